The van der Waals surface area contributed by atoms with Crippen molar-refractivity contribution in [1.29, 1.82) is 0 Å². The number of amides is 2. The van der Waals surface area contributed by atoms with Crippen LogP contribution in [-0.4, -0.2) is 60.2 Å². The van der Waals surface area contributed by atoms with Gasteiger partial charge >= 0.3 is 6.09 Å². The maximum atomic E-state index is 12.9. The molecule has 33 heavy (non-hydrogen) atoms. The Morgan fingerprint density at radius 2 is 1.52 bits per heavy atom. The van der Waals surface area contributed by atoms with Crippen molar-refractivity contribution < 1.29 is 19.1 Å². The molecule has 2 aromatic rings. The van der Waals surface area contributed by atoms with Crippen LogP contribution in [0.5, 0.6) is 5.75 Å². The highest BCUT2D eigenvalue weighted by atomic mass is 16.6. The van der Waals surface area contributed by atoms with Crippen LogP contribution in [0.2, 0.25) is 0 Å². The molecule has 178 valence electrons. The fourth-order valence-corrected chi connectivity index (χ4v) is 3.66. The quantitative estimate of drug-likeness (QED) is 0.684. The zero-order valence-corrected chi connectivity index (χ0v) is 20.1. The third-order valence-electron chi connectivity index (χ3n) is 5.34. The standard InChI is InChI=1S/C26H35N3O4/c1-5-32-23-12-8-21(9-13-23)19-28-14-16-29(17-15-28)24(30)22-10-6-20(7-11-22)18-27-25(31)33-26(2,3)4/h6-13H,5,14-19H2,1-4H3,(H,27,31). The van der Waals surface area contributed by atoms with E-state index in [9.17, 15) is 9.59 Å². The molecule has 0 aromatic heterocycles. The number of benzene rings is 2. The number of nitrogens with zero attached hydrogens (tertiary/aromatic N) is 2. The minimum Gasteiger partial charge on any atom is -0.494 e. The summed E-state index contributed by atoms with van der Waals surface area (Å²) in [6.45, 7) is 12.4. The summed E-state index contributed by atoms with van der Waals surface area (Å²) in [7, 11) is 0. The van der Waals surface area contributed by atoms with E-state index in [1.807, 2.05) is 69.0 Å². The maximum Gasteiger partial charge on any atom is 0.407 e. The van der Waals surface area contributed by atoms with Gasteiger partial charge in [-0.15, -0.1) is 0 Å². The van der Waals surface area contributed by atoms with E-state index in [1.165, 1.54) is 5.56 Å². The van der Waals surface area contributed by atoms with E-state index in [2.05, 4.69) is 22.3 Å². The summed E-state index contributed by atoms with van der Waals surface area (Å²) >= 11 is 0. The minimum atomic E-state index is -0.529. The highest BCUT2D eigenvalue weighted by Crippen LogP contribution is 2.16. The van der Waals surface area contributed by atoms with E-state index in [-0.39, 0.29) is 5.91 Å². The van der Waals surface area contributed by atoms with Gasteiger partial charge in [-0.1, -0.05) is 24.3 Å². The molecule has 1 aliphatic rings. The molecule has 0 spiro atoms. The Hall–Kier alpha value is -3.06. The Morgan fingerprint density at radius 1 is 0.909 bits per heavy atom. The van der Waals surface area contributed by atoms with Crippen LogP contribution in [0.15, 0.2) is 48.5 Å². The highest BCUT2D eigenvalue weighted by molar-refractivity contribution is 5.94. The van der Waals surface area contributed by atoms with Gasteiger partial charge in [-0.05, 0) is 63.1 Å². The first-order chi connectivity index (χ1) is 15.7. The van der Waals surface area contributed by atoms with Crippen LogP contribution in [-0.2, 0) is 17.8 Å². The van der Waals surface area contributed by atoms with E-state index in [0.717, 1.165) is 30.9 Å². The van der Waals surface area contributed by atoms with Crippen LogP contribution in [0.3, 0.4) is 0 Å². The van der Waals surface area contributed by atoms with Gasteiger partial charge in [-0.3, -0.25) is 9.69 Å². The highest BCUT2D eigenvalue weighted by Gasteiger charge is 2.22. The molecule has 1 N–H and O–H groups in total. The summed E-state index contributed by atoms with van der Waals surface area (Å²) < 4.78 is 10.7. The molecule has 7 nitrogen and oxygen atoms in total. The molecule has 1 saturated heterocycles. The lowest BCUT2D eigenvalue weighted by molar-refractivity contribution is 0.0522. The summed E-state index contributed by atoms with van der Waals surface area (Å²) in [6, 6.07) is 15.6. The van der Waals surface area contributed by atoms with E-state index < -0.39 is 11.7 Å². The Bertz CT molecular complexity index is 912. The summed E-state index contributed by atoms with van der Waals surface area (Å²) in [5.74, 6) is 0.936. The molecule has 0 unspecified atom stereocenters. The Balaban J connectivity index is 1.44. The predicted octanol–water partition coefficient (Wildman–Crippen LogP) is 4.07. The zero-order valence-electron chi connectivity index (χ0n) is 20.1. The number of nitrogens with one attached hydrogen (secondary N) is 1. The molecule has 2 amide bonds. The van der Waals surface area contributed by atoms with E-state index in [4.69, 9.17) is 9.47 Å². The average Bonchev–Trinajstić information content (AvgIpc) is 2.78. The first-order valence-corrected chi connectivity index (χ1v) is 11.5. The fourth-order valence-electron chi connectivity index (χ4n) is 3.66. The molecule has 2 aromatic carbocycles. The normalized spacial score (nSPS) is 14.6. The topological polar surface area (TPSA) is 71.1 Å². The first kappa shape index (κ1) is 24.6. The van der Waals surface area contributed by atoms with Gasteiger partial charge in [0.05, 0.1) is 6.61 Å². The molecule has 0 saturated carbocycles. The molecule has 0 radical (unpaired) electrons. The van der Waals surface area contributed by atoms with Crippen molar-refractivity contribution in [2.24, 2.45) is 0 Å². The minimum absolute atomic E-state index is 0.0439. The second kappa shape index (κ2) is 11.2. The van der Waals surface area contributed by atoms with Gasteiger partial charge in [0.25, 0.3) is 5.91 Å². The van der Waals surface area contributed by atoms with Gasteiger partial charge < -0.3 is 19.7 Å². The average molecular weight is 454 g/mol. The number of carbonyl (C=O) groups is 2. The lowest BCUT2D eigenvalue weighted by Crippen LogP contribution is -2.48. The monoisotopic (exact) mass is 453 g/mol. The Morgan fingerprint density at radius 3 is 2.09 bits per heavy atom. The summed E-state index contributed by atoms with van der Waals surface area (Å²) in [5.41, 5.74) is 2.29. The first-order valence-electron chi connectivity index (χ1n) is 11.5. The second-order valence-corrected chi connectivity index (χ2v) is 9.20. The molecule has 1 heterocycles. The van der Waals surface area contributed by atoms with Crippen LogP contribution in [0.4, 0.5) is 4.79 Å². The van der Waals surface area contributed by atoms with E-state index >= 15 is 0 Å². The Kier molecular flexibility index (Phi) is 8.33. The van der Waals surface area contributed by atoms with Crippen LogP contribution >= 0.6 is 0 Å². The number of ether oxygens (including phenoxy) is 2. The van der Waals surface area contributed by atoms with Crippen molar-refractivity contribution in [2.45, 2.75) is 46.4 Å². The zero-order chi connectivity index (χ0) is 23.8. The summed E-state index contributed by atoms with van der Waals surface area (Å²) in [6.07, 6.45) is -0.453. The molecular weight excluding hydrogens is 418 g/mol. The number of piperazine rings is 1. The lowest BCUT2D eigenvalue weighted by atomic mass is 10.1. The van der Waals surface area contributed by atoms with Crippen molar-refractivity contribution >= 4 is 12.0 Å². The molecule has 7 heteroatoms. The van der Waals surface area contributed by atoms with Crippen molar-refractivity contribution in [1.82, 2.24) is 15.1 Å². The molecule has 0 aliphatic carbocycles. The van der Waals surface area contributed by atoms with Crippen molar-refractivity contribution in [3.63, 3.8) is 0 Å². The van der Waals surface area contributed by atoms with Crippen LogP contribution in [0.1, 0.15) is 49.2 Å². The van der Waals surface area contributed by atoms with Crippen LogP contribution in [0.25, 0.3) is 0 Å². The number of hydrogen-bond acceptors (Lipinski definition) is 5. The van der Waals surface area contributed by atoms with Crippen LogP contribution in [0, 0.1) is 0 Å². The van der Waals surface area contributed by atoms with Gasteiger partial charge in [-0.25, -0.2) is 4.79 Å². The van der Waals surface area contributed by atoms with Crippen molar-refractivity contribution in [2.75, 3.05) is 32.8 Å². The van der Waals surface area contributed by atoms with Gasteiger partial charge in [0.2, 0.25) is 0 Å². The van der Waals surface area contributed by atoms with Gasteiger partial charge in [0.1, 0.15) is 11.4 Å². The molecule has 3 rings (SSSR count). The third kappa shape index (κ3) is 7.79. The van der Waals surface area contributed by atoms with Crippen LogP contribution < -0.4 is 10.1 Å². The number of hydrogen-bond donors (Lipinski definition) is 1. The Labute approximate surface area is 196 Å². The molecular formula is C26H35N3O4. The third-order valence-corrected chi connectivity index (χ3v) is 5.34. The number of alkyl carbamates (subject to hydrolysis) is 1. The number of rotatable bonds is 7. The second-order valence-electron chi connectivity index (χ2n) is 9.20. The van der Waals surface area contributed by atoms with Crippen molar-refractivity contribution in [3.05, 3.63) is 65.2 Å². The van der Waals surface area contributed by atoms with Gasteiger partial charge in [0, 0.05) is 44.8 Å². The maximum absolute atomic E-state index is 12.9. The summed E-state index contributed by atoms with van der Waals surface area (Å²) in [4.78, 5) is 29.0. The predicted molar refractivity (Wildman–Crippen MR) is 128 cm³/mol. The largest absolute Gasteiger partial charge is 0.494 e. The number of carbonyl (C=O) groups excluding carboxylic acids is 2. The molecule has 1 fully saturated rings. The SMILES string of the molecule is CCOc1ccc(CN2CCN(C(=O)c3ccc(CNC(=O)OC(C)(C)C)cc3)CC2)cc1. The molecule has 0 atom stereocenters. The molecule has 1 aliphatic heterocycles. The smallest absolute Gasteiger partial charge is 0.407 e. The van der Waals surface area contributed by atoms with E-state index in [0.29, 0.717) is 31.8 Å². The lowest BCUT2D eigenvalue weighted by Gasteiger charge is -2.34. The van der Waals surface area contributed by atoms with Crippen molar-refractivity contribution in [3.8, 4) is 5.75 Å². The van der Waals surface area contributed by atoms with Gasteiger partial charge in [0.15, 0.2) is 0 Å². The van der Waals surface area contributed by atoms with E-state index in [1.54, 1.807) is 0 Å². The van der Waals surface area contributed by atoms with Gasteiger partial charge in [-0.2, -0.15) is 0 Å². The summed E-state index contributed by atoms with van der Waals surface area (Å²) in [5, 5.41) is 2.73. The fraction of sp³-hybridized carbons (Fsp3) is 0.462. The molecule has 0 bridgehead atoms.